The zero-order chi connectivity index (χ0) is 21.5. The van der Waals surface area contributed by atoms with Gasteiger partial charge in [0.2, 0.25) is 11.9 Å². The molecule has 1 N–H and O–H groups in total. The van der Waals surface area contributed by atoms with Crippen LogP contribution in [0.25, 0.3) is 16.5 Å². The van der Waals surface area contributed by atoms with E-state index in [1.807, 2.05) is 24.3 Å². The number of piperazine rings is 1. The highest BCUT2D eigenvalue weighted by atomic mass is 32.1. The van der Waals surface area contributed by atoms with E-state index in [-0.39, 0.29) is 11.7 Å². The fraction of sp³-hybridized carbons (Fsp3) is 0.261. The Morgan fingerprint density at radius 1 is 1.06 bits per heavy atom. The molecule has 0 saturated carbocycles. The van der Waals surface area contributed by atoms with Crippen molar-refractivity contribution in [2.45, 2.75) is 0 Å². The lowest BCUT2D eigenvalue weighted by Crippen LogP contribution is -2.48. The van der Waals surface area contributed by atoms with Gasteiger partial charge in [-0.2, -0.15) is 0 Å². The van der Waals surface area contributed by atoms with Gasteiger partial charge < -0.3 is 10.2 Å². The van der Waals surface area contributed by atoms with Crippen molar-refractivity contribution in [3.05, 3.63) is 71.6 Å². The summed E-state index contributed by atoms with van der Waals surface area (Å²) in [4.78, 5) is 27.3. The van der Waals surface area contributed by atoms with E-state index in [1.165, 1.54) is 12.1 Å². The van der Waals surface area contributed by atoms with Gasteiger partial charge >= 0.3 is 0 Å². The van der Waals surface area contributed by atoms with Gasteiger partial charge in [-0.3, -0.25) is 9.69 Å². The minimum Gasteiger partial charge on any atom is -0.351 e. The molecule has 0 bridgehead atoms. The van der Waals surface area contributed by atoms with Crippen molar-refractivity contribution in [2.24, 2.45) is 0 Å². The molecule has 1 aliphatic rings. The third-order valence-electron chi connectivity index (χ3n) is 5.09. The van der Waals surface area contributed by atoms with Crippen LogP contribution in [0.5, 0.6) is 0 Å². The number of anilines is 1. The lowest BCUT2D eigenvalue weighted by Gasteiger charge is -2.34. The number of hydrogen-bond acceptors (Lipinski definition) is 6. The summed E-state index contributed by atoms with van der Waals surface area (Å²) in [7, 11) is 0. The molecule has 1 aliphatic heterocycles. The van der Waals surface area contributed by atoms with Crippen molar-refractivity contribution < 1.29 is 9.18 Å². The van der Waals surface area contributed by atoms with E-state index in [2.05, 4.69) is 25.1 Å². The number of carbonyl (C=O) groups excluding carboxylic acids is 1. The fourth-order valence-electron chi connectivity index (χ4n) is 3.39. The minimum atomic E-state index is -0.246. The number of nitrogens with one attached hydrogen (secondary N) is 1. The molecule has 31 heavy (non-hydrogen) atoms. The van der Waals surface area contributed by atoms with Gasteiger partial charge in [0.25, 0.3) is 0 Å². The molecule has 8 heteroatoms. The minimum absolute atomic E-state index is 0.104. The Balaban J connectivity index is 1.18. The molecular formula is C23H24FN5OS. The molecule has 1 saturated heterocycles. The smallest absolute Gasteiger partial charge is 0.244 e. The molecule has 1 fully saturated rings. The normalized spacial score (nSPS) is 14.8. The molecule has 4 rings (SSSR count). The zero-order valence-corrected chi connectivity index (χ0v) is 17.9. The Labute approximate surface area is 185 Å². The molecule has 3 aromatic rings. The summed E-state index contributed by atoms with van der Waals surface area (Å²) >= 11 is 1.57. The molecule has 1 amide bonds. The van der Waals surface area contributed by atoms with E-state index >= 15 is 0 Å². The topological polar surface area (TPSA) is 61.4 Å². The van der Waals surface area contributed by atoms with Crippen LogP contribution in [0, 0.1) is 5.82 Å². The van der Waals surface area contributed by atoms with Crippen LogP contribution in [-0.2, 0) is 4.79 Å². The predicted molar refractivity (Wildman–Crippen MR) is 122 cm³/mol. The first-order valence-electron chi connectivity index (χ1n) is 10.2. The average Bonchev–Trinajstić information content (AvgIpc) is 3.28. The summed E-state index contributed by atoms with van der Waals surface area (Å²) in [5.74, 6) is 0.425. The van der Waals surface area contributed by atoms with Gasteiger partial charge in [-0.15, -0.1) is 11.3 Å². The van der Waals surface area contributed by atoms with Gasteiger partial charge in [-0.05, 0) is 42.0 Å². The molecular weight excluding hydrogens is 413 g/mol. The number of hydrogen-bond donors (Lipinski definition) is 1. The van der Waals surface area contributed by atoms with Crippen molar-refractivity contribution in [2.75, 3.05) is 44.2 Å². The van der Waals surface area contributed by atoms with Crippen LogP contribution in [0.1, 0.15) is 4.88 Å². The Morgan fingerprint density at radius 2 is 1.81 bits per heavy atom. The molecule has 0 unspecified atom stereocenters. The fourth-order valence-corrected chi connectivity index (χ4v) is 4.31. The number of nitrogens with zero attached hydrogens (tertiary/aromatic N) is 4. The zero-order valence-electron chi connectivity index (χ0n) is 17.1. The number of carbonyl (C=O) groups is 1. The maximum atomic E-state index is 13.1. The van der Waals surface area contributed by atoms with Crippen LogP contribution in [0.15, 0.2) is 60.9 Å². The Morgan fingerprint density at radius 3 is 2.55 bits per heavy atom. The first-order chi connectivity index (χ1) is 15.2. The predicted octanol–water partition coefficient (Wildman–Crippen LogP) is 3.30. The van der Waals surface area contributed by atoms with Gasteiger partial charge in [-0.25, -0.2) is 14.4 Å². The third kappa shape index (κ3) is 5.96. The van der Waals surface area contributed by atoms with Gasteiger partial charge in [0.15, 0.2) is 0 Å². The molecule has 0 aliphatic carbocycles. The van der Waals surface area contributed by atoms with Crippen molar-refractivity contribution in [3.8, 4) is 10.4 Å². The van der Waals surface area contributed by atoms with Crippen molar-refractivity contribution in [1.29, 1.82) is 0 Å². The van der Waals surface area contributed by atoms with Crippen LogP contribution < -0.4 is 10.2 Å². The van der Waals surface area contributed by atoms with Crippen LogP contribution in [-0.4, -0.2) is 60.0 Å². The molecule has 3 heterocycles. The van der Waals surface area contributed by atoms with Gasteiger partial charge in [-0.1, -0.05) is 12.1 Å². The number of rotatable bonds is 7. The first-order valence-corrected chi connectivity index (χ1v) is 11.0. The van der Waals surface area contributed by atoms with Crippen molar-refractivity contribution in [3.63, 3.8) is 0 Å². The lowest BCUT2D eigenvalue weighted by molar-refractivity contribution is -0.116. The van der Waals surface area contributed by atoms with E-state index in [1.54, 1.807) is 41.9 Å². The second-order valence-electron chi connectivity index (χ2n) is 7.21. The number of aromatic nitrogens is 2. The standard InChI is InChI=1S/C23H24FN5OS/c24-19-4-2-18(3-5-19)21-8-6-20(31-21)7-9-22(30)25-12-13-28-14-16-29(17-15-28)23-26-10-1-11-27-23/h1-11H,12-17H2,(H,25,30)/b9-7+. The molecule has 0 atom stereocenters. The molecule has 160 valence electrons. The summed E-state index contributed by atoms with van der Waals surface area (Å²) in [5.41, 5.74) is 0.967. The van der Waals surface area contributed by atoms with Crippen LogP contribution >= 0.6 is 11.3 Å². The summed E-state index contributed by atoms with van der Waals surface area (Å²) < 4.78 is 13.1. The van der Waals surface area contributed by atoms with E-state index in [4.69, 9.17) is 0 Å². The van der Waals surface area contributed by atoms with E-state index in [0.717, 1.165) is 54.0 Å². The molecule has 2 aromatic heterocycles. The third-order valence-corrected chi connectivity index (χ3v) is 6.19. The Hall–Kier alpha value is -3.10. The van der Waals surface area contributed by atoms with Crippen molar-refractivity contribution in [1.82, 2.24) is 20.2 Å². The average molecular weight is 438 g/mol. The number of benzene rings is 1. The molecule has 0 spiro atoms. The van der Waals surface area contributed by atoms with Crippen LogP contribution in [0.2, 0.25) is 0 Å². The maximum absolute atomic E-state index is 13.1. The van der Waals surface area contributed by atoms with Gasteiger partial charge in [0.05, 0.1) is 0 Å². The van der Waals surface area contributed by atoms with Crippen LogP contribution in [0.4, 0.5) is 10.3 Å². The first kappa shape index (κ1) is 21.1. The summed E-state index contributed by atoms with van der Waals surface area (Å²) in [5, 5.41) is 2.95. The second-order valence-corrected chi connectivity index (χ2v) is 8.33. The van der Waals surface area contributed by atoms with Gasteiger partial charge in [0.1, 0.15) is 5.82 Å². The van der Waals surface area contributed by atoms with Crippen LogP contribution in [0.3, 0.4) is 0 Å². The molecule has 6 nitrogen and oxygen atoms in total. The largest absolute Gasteiger partial charge is 0.351 e. The Bertz CT molecular complexity index is 1010. The van der Waals surface area contributed by atoms with Gasteiger partial charge in [0, 0.05) is 67.5 Å². The van der Waals surface area contributed by atoms with E-state index < -0.39 is 0 Å². The van der Waals surface area contributed by atoms with E-state index in [9.17, 15) is 9.18 Å². The summed E-state index contributed by atoms with van der Waals surface area (Å²) in [6.07, 6.45) is 6.89. The number of halogens is 1. The summed E-state index contributed by atoms with van der Waals surface area (Å²) in [6, 6.07) is 12.2. The molecule has 1 aromatic carbocycles. The van der Waals surface area contributed by atoms with Crippen molar-refractivity contribution >= 4 is 29.3 Å². The highest BCUT2D eigenvalue weighted by molar-refractivity contribution is 7.16. The second kappa shape index (κ2) is 10.3. The number of thiophene rings is 1. The lowest BCUT2D eigenvalue weighted by atomic mass is 10.2. The van der Waals surface area contributed by atoms with E-state index in [0.29, 0.717) is 6.54 Å². The SMILES string of the molecule is O=C(/C=C/c1ccc(-c2ccc(F)cc2)s1)NCCN1CCN(c2ncccn2)CC1. The molecule has 0 radical (unpaired) electrons. The quantitative estimate of drug-likeness (QED) is 0.575. The number of amides is 1. The highest BCUT2D eigenvalue weighted by Crippen LogP contribution is 2.28. The summed E-state index contributed by atoms with van der Waals surface area (Å²) in [6.45, 7) is 5.03. The maximum Gasteiger partial charge on any atom is 0.244 e. The monoisotopic (exact) mass is 437 g/mol. The Kier molecular flexibility index (Phi) is 7.01. The highest BCUT2D eigenvalue weighted by Gasteiger charge is 2.18.